The maximum Gasteiger partial charge on any atom is 0.336 e. The summed E-state index contributed by atoms with van der Waals surface area (Å²) in [5.41, 5.74) is 5.34. The number of hydrogen-bond acceptors (Lipinski definition) is 5. The highest BCUT2D eigenvalue weighted by atomic mass is 16.5. The van der Waals surface area contributed by atoms with Crippen molar-refractivity contribution in [2.75, 3.05) is 6.61 Å². The second-order valence-corrected chi connectivity index (χ2v) is 7.56. The van der Waals surface area contributed by atoms with E-state index < -0.39 is 5.97 Å². The number of nitrogens with one attached hydrogen (secondary N) is 1. The number of hydrazone groups is 1. The van der Waals surface area contributed by atoms with Crippen molar-refractivity contribution in [2.24, 2.45) is 5.10 Å². The number of hydrogen-bond donors (Lipinski definition) is 1. The summed E-state index contributed by atoms with van der Waals surface area (Å²) in [6, 6.07) is 24.0. The lowest BCUT2D eigenvalue weighted by Crippen LogP contribution is -2.24. The van der Waals surface area contributed by atoms with Crippen molar-refractivity contribution in [2.45, 2.75) is 26.2 Å². The predicted octanol–water partition coefficient (Wildman–Crippen LogP) is 5.18. The molecule has 0 aliphatic carbocycles. The largest absolute Gasteiger partial charge is 0.484 e. The minimum Gasteiger partial charge on any atom is -0.484 e. The van der Waals surface area contributed by atoms with E-state index in [0.717, 1.165) is 30.4 Å². The SMILES string of the molecule is CCCCc1ccc(OCC(=O)NN=Cc2ccc(OC(=O)C=Cc3ccccc3)cc2)cc1. The van der Waals surface area contributed by atoms with Gasteiger partial charge in [-0.25, -0.2) is 10.2 Å². The fraction of sp³-hybridized carbons (Fsp3) is 0.179. The predicted molar refractivity (Wildman–Crippen MR) is 134 cm³/mol. The number of carbonyl (C=O) groups is 2. The van der Waals surface area contributed by atoms with E-state index >= 15 is 0 Å². The van der Waals surface area contributed by atoms with Gasteiger partial charge in [-0.15, -0.1) is 0 Å². The third kappa shape index (κ3) is 8.74. The summed E-state index contributed by atoms with van der Waals surface area (Å²) in [7, 11) is 0. The van der Waals surface area contributed by atoms with E-state index in [9.17, 15) is 9.59 Å². The van der Waals surface area contributed by atoms with Crippen LogP contribution in [0.4, 0.5) is 0 Å². The first-order valence-electron chi connectivity index (χ1n) is 11.2. The van der Waals surface area contributed by atoms with Gasteiger partial charge in [0.05, 0.1) is 6.21 Å². The quantitative estimate of drug-likeness (QED) is 0.142. The maximum absolute atomic E-state index is 11.9. The Morgan fingerprint density at radius 1 is 0.882 bits per heavy atom. The first kappa shape index (κ1) is 24.5. The Balaban J connectivity index is 1.39. The summed E-state index contributed by atoms with van der Waals surface area (Å²) in [6.07, 6.45) is 7.92. The zero-order chi connectivity index (χ0) is 24.0. The Kier molecular flexibility index (Phi) is 9.62. The zero-order valence-corrected chi connectivity index (χ0v) is 19.1. The number of aryl methyl sites for hydroxylation is 1. The smallest absolute Gasteiger partial charge is 0.336 e. The molecule has 6 nitrogen and oxygen atoms in total. The third-order valence-corrected chi connectivity index (χ3v) is 4.83. The van der Waals surface area contributed by atoms with E-state index in [1.54, 1.807) is 30.3 Å². The van der Waals surface area contributed by atoms with Crippen molar-refractivity contribution in [3.05, 3.63) is 102 Å². The van der Waals surface area contributed by atoms with Gasteiger partial charge < -0.3 is 9.47 Å². The van der Waals surface area contributed by atoms with Crippen molar-refractivity contribution in [1.82, 2.24) is 5.43 Å². The minimum absolute atomic E-state index is 0.128. The molecule has 1 amide bonds. The van der Waals surface area contributed by atoms with Gasteiger partial charge in [-0.2, -0.15) is 5.10 Å². The molecule has 0 saturated heterocycles. The van der Waals surface area contributed by atoms with E-state index in [2.05, 4.69) is 17.5 Å². The lowest BCUT2D eigenvalue weighted by Gasteiger charge is -2.06. The molecule has 0 atom stereocenters. The molecular formula is C28H28N2O4. The highest BCUT2D eigenvalue weighted by Crippen LogP contribution is 2.14. The van der Waals surface area contributed by atoms with Crippen LogP contribution >= 0.6 is 0 Å². The molecule has 0 heterocycles. The van der Waals surface area contributed by atoms with Crippen LogP contribution in [-0.4, -0.2) is 24.7 Å². The fourth-order valence-corrected chi connectivity index (χ4v) is 2.99. The van der Waals surface area contributed by atoms with Crippen LogP contribution in [-0.2, 0) is 16.0 Å². The Hall–Kier alpha value is -4.19. The van der Waals surface area contributed by atoms with Crippen LogP contribution in [0.25, 0.3) is 6.08 Å². The summed E-state index contributed by atoms with van der Waals surface area (Å²) in [6.45, 7) is 2.04. The van der Waals surface area contributed by atoms with Gasteiger partial charge in [0, 0.05) is 6.08 Å². The molecule has 0 saturated carbocycles. The van der Waals surface area contributed by atoms with Crippen LogP contribution in [0, 0.1) is 0 Å². The highest BCUT2D eigenvalue weighted by Gasteiger charge is 2.03. The minimum atomic E-state index is -0.465. The number of amides is 1. The standard InChI is InChI=1S/C28H28N2O4/c1-2-3-7-23-10-15-25(16-11-23)33-21-27(31)30-29-20-24-12-17-26(18-13-24)34-28(32)19-14-22-8-5-4-6-9-22/h4-6,8-20H,2-3,7,21H2,1H3,(H,30,31). The molecule has 0 spiro atoms. The molecule has 174 valence electrons. The third-order valence-electron chi connectivity index (χ3n) is 4.83. The van der Waals surface area contributed by atoms with Gasteiger partial charge in [-0.1, -0.05) is 55.8 Å². The first-order chi connectivity index (χ1) is 16.6. The van der Waals surface area contributed by atoms with Gasteiger partial charge in [0.1, 0.15) is 11.5 Å². The number of benzene rings is 3. The van der Waals surface area contributed by atoms with Gasteiger partial charge in [-0.05, 0) is 72.0 Å². The van der Waals surface area contributed by atoms with E-state index in [1.165, 1.54) is 17.9 Å². The molecule has 0 fully saturated rings. The van der Waals surface area contributed by atoms with Crippen LogP contribution in [0.2, 0.25) is 0 Å². The molecule has 0 aliphatic heterocycles. The van der Waals surface area contributed by atoms with Gasteiger partial charge in [-0.3, -0.25) is 4.79 Å². The molecule has 3 rings (SSSR count). The van der Waals surface area contributed by atoms with E-state index in [1.807, 2.05) is 54.6 Å². The maximum atomic E-state index is 11.9. The van der Waals surface area contributed by atoms with Crippen molar-refractivity contribution in [3.63, 3.8) is 0 Å². The summed E-state index contributed by atoms with van der Waals surface area (Å²) < 4.78 is 10.8. The molecule has 34 heavy (non-hydrogen) atoms. The Morgan fingerprint density at radius 2 is 1.59 bits per heavy atom. The van der Waals surface area contributed by atoms with Gasteiger partial charge in [0.15, 0.2) is 6.61 Å². The molecule has 0 unspecified atom stereocenters. The first-order valence-corrected chi connectivity index (χ1v) is 11.2. The summed E-state index contributed by atoms with van der Waals surface area (Å²) in [5.74, 6) is 0.233. The molecule has 3 aromatic rings. The van der Waals surface area contributed by atoms with Crippen molar-refractivity contribution in [3.8, 4) is 11.5 Å². The molecule has 0 bridgehead atoms. The molecule has 3 aromatic carbocycles. The average molecular weight is 457 g/mol. The molecule has 0 aliphatic rings. The Labute approximate surface area is 199 Å². The second-order valence-electron chi connectivity index (χ2n) is 7.56. The molecule has 0 radical (unpaired) electrons. The van der Waals surface area contributed by atoms with E-state index in [-0.39, 0.29) is 12.5 Å². The summed E-state index contributed by atoms with van der Waals surface area (Å²) in [4.78, 5) is 23.9. The lowest BCUT2D eigenvalue weighted by molar-refractivity contribution is -0.129. The van der Waals surface area contributed by atoms with Crippen molar-refractivity contribution >= 4 is 24.2 Å². The van der Waals surface area contributed by atoms with E-state index in [4.69, 9.17) is 9.47 Å². The molecule has 0 aromatic heterocycles. The number of ether oxygens (including phenoxy) is 2. The topological polar surface area (TPSA) is 77.0 Å². The number of carbonyl (C=O) groups excluding carboxylic acids is 2. The Morgan fingerprint density at radius 3 is 2.29 bits per heavy atom. The number of esters is 1. The summed E-state index contributed by atoms with van der Waals surface area (Å²) in [5, 5.41) is 3.93. The van der Waals surface area contributed by atoms with Gasteiger partial charge in [0.2, 0.25) is 0 Å². The summed E-state index contributed by atoms with van der Waals surface area (Å²) >= 11 is 0. The van der Waals surface area contributed by atoms with Crippen LogP contribution in [0.1, 0.15) is 36.5 Å². The number of rotatable bonds is 11. The monoisotopic (exact) mass is 456 g/mol. The molecule has 6 heteroatoms. The van der Waals surface area contributed by atoms with Crippen LogP contribution in [0.3, 0.4) is 0 Å². The van der Waals surface area contributed by atoms with Crippen LogP contribution < -0.4 is 14.9 Å². The molecule has 1 N–H and O–H groups in total. The highest BCUT2D eigenvalue weighted by molar-refractivity contribution is 5.89. The second kappa shape index (κ2) is 13.4. The fourth-order valence-electron chi connectivity index (χ4n) is 2.99. The lowest BCUT2D eigenvalue weighted by atomic mass is 10.1. The van der Waals surface area contributed by atoms with Crippen LogP contribution in [0.15, 0.2) is 90.0 Å². The average Bonchev–Trinajstić information content (AvgIpc) is 2.87. The van der Waals surface area contributed by atoms with E-state index in [0.29, 0.717) is 11.5 Å². The number of unbranched alkanes of at least 4 members (excludes halogenated alkanes) is 1. The van der Waals surface area contributed by atoms with Gasteiger partial charge >= 0.3 is 5.97 Å². The van der Waals surface area contributed by atoms with Crippen LogP contribution in [0.5, 0.6) is 11.5 Å². The Bertz CT molecular complexity index is 1110. The van der Waals surface area contributed by atoms with Crippen molar-refractivity contribution < 1.29 is 19.1 Å². The molecular weight excluding hydrogens is 428 g/mol. The number of nitrogens with zero attached hydrogens (tertiary/aromatic N) is 1. The van der Waals surface area contributed by atoms with Gasteiger partial charge in [0.25, 0.3) is 5.91 Å². The zero-order valence-electron chi connectivity index (χ0n) is 19.1. The normalized spacial score (nSPS) is 11.0. The van der Waals surface area contributed by atoms with Crippen molar-refractivity contribution in [1.29, 1.82) is 0 Å².